The molecule has 2 unspecified atom stereocenters. The number of amides is 1. The van der Waals surface area contributed by atoms with Crippen LogP contribution in [0.5, 0.6) is 0 Å². The van der Waals surface area contributed by atoms with Crippen LogP contribution in [-0.2, 0) is 21.1 Å². The van der Waals surface area contributed by atoms with Gasteiger partial charge in [-0.2, -0.15) is 0 Å². The summed E-state index contributed by atoms with van der Waals surface area (Å²) in [7, 11) is -3.05. The van der Waals surface area contributed by atoms with Gasteiger partial charge in [-0.15, -0.1) is 0 Å². The van der Waals surface area contributed by atoms with Crippen LogP contribution in [0.4, 0.5) is 15.8 Å². The number of sulfone groups is 1. The maximum absolute atomic E-state index is 13.1. The van der Waals surface area contributed by atoms with Gasteiger partial charge in [-0.25, -0.2) is 12.8 Å². The summed E-state index contributed by atoms with van der Waals surface area (Å²) in [5, 5.41) is 3.31. The van der Waals surface area contributed by atoms with Gasteiger partial charge < -0.3 is 10.2 Å². The van der Waals surface area contributed by atoms with Crippen molar-refractivity contribution in [3.63, 3.8) is 0 Å². The Morgan fingerprint density at radius 3 is 2.50 bits per heavy atom. The summed E-state index contributed by atoms with van der Waals surface area (Å²) in [4.78, 5) is 19.2. The number of hydrogen-bond donors (Lipinski definition) is 1. The van der Waals surface area contributed by atoms with Crippen molar-refractivity contribution in [2.24, 2.45) is 4.99 Å². The van der Waals surface area contributed by atoms with Gasteiger partial charge in [-0.1, -0.05) is 30.8 Å². The molecule has 1 amide bonds. The van der Waals surface area contributed by atoms with Gasteiger partial charge in [0.25, 0.3) is 0 Å². The third kappa shape index (κ3) is 4.67. The largest absolute Gasteiger partial charge is 0.325 e. The number of rotatable bonds is 5. The molecule has 9 heteroatoms. The number of anilines is 2. The first-order chi connectivity index (χ1) is 14.3. The molecule has 1 N–H and O–H groups in total. The molecular formula is C21H22FN3O3S2. The number of nitrogens with one attached hydrogen (secondary N) is 1. The summed E-state index contributed by atoms with van der Waals surface area (Å²) in [6, 6.07) is 13.2. The van der Waals surface area contributed by atoms with Gasteiger partial charge in [0.15, 0.2) is 15.0 Å². The van der Waals surface area contributed by atoms with E-state index in [0.29, 0.717) is 10.9 Å². The highest BCUT2D eigenvalue weighted by Crippen LogP contribution is 2.36. The van der Waals surface area contributed by atoms with Gasteiger partial charge in [0, 0.05) is 16.6 Å². The predicted octanol–water partition coefficient (Wildman–Crippen LogP) is 3.10. The monoisotopic (exact) mass is 447 g/mol. The molecule has 2 aromatic rings. The third-order valence-corrected chi connectivity index (χ3v) is 8.37. The fourth-order valence-electron chi connectivity index (χ4n) is 3.53. The lowest BCUT2D eigenvalue weighted by Crippen LogP contribution is -2.36. The Kier molecular flexibility index (Phi) is 5.84. The molecule has 2 aliphatic heterocycles. The molecule has 0 bridgehead atoms. The average Bonchev–Trinajstić information content (AvgIpc) is 3.21. The molecule has 0 radical (unpaired) electrons. The average molecular weight is 448 g/mol. The van der Waals surface area contributed by atoms with E-state index in [-0.39, 0.29) is 41.1 Å². The van der Waals surface area contributed by atoms with Crippen molar-refractivity contribution in [1.82, 2.24) is 0 Å². The van der Waals surface area contributed by atoms with E-state index >= 15 is 0 Å². The molecule has 158 valence electrons. The van der Waals surface area contributed by atoms with E-state index in [1.165, 1.54) is 41.6 Å². The van der Waals surface area contributed by atoms with Crippen LogP contribution < -0.4 is 10.2 Å². The molecule has 4 rings (SSSR count). The highest BCUT2D eigenvalue weighted by atomic mass is 32.2. The number of fused-ring (bicyclic) bond motifs is 1. The lowest BCUT2D eigenvalue weighted by molar-refractivity contribution is -0.114. The Hall–Kier alpha value is -2.39. The molecule has 2 heterocycles. The van der Waals surface area contributed by atoms with Crippen molar-refractivity contribution < 1.29 is 17.6 Å². The van der Waals surface area contributed by atoms with Crippen molar-refractivity contribution in [2.45, 2.75) is 24.6 Å². The first-order valence-electron chi connectivity index (χ1n) is 9.70. The summed E-state index contributed by atoms with van der Waals surface area (Å²) in [5.41, 5.74) is 2.50. The lowest BCUT2D eigenvalue weighted by Gasteiger charge is -2.24. The van der Waals surface area contributed by atoms with Gasteiger partial charge in [-0.3, -0.25) is 9.79 Å². The quantitative estimate of drug-likeness (QED) is 0.762. The summed E-state index contributed by atoms with van der Waals surface area (Å²) >= 11 is 1.41. The summed E-state index contributed by atoms with van der Waals surface area (Å²) in [6.45, 7) is 2.09. The number of carbonyl (C=O) groups excluding carboxylic acids is 1. The SMILES string of the molecule is CCc1ccc(N(CC(=O)Nc2ccc(F)cc2)C2=NC3CS(=O)(=O)CC3S2)cc1. The van der Waals surface area contributed by atoms with Crippen LogP contribution in [0.25, 0.3) is 0 Å². The molecule has 6 nitrogen and oxygen atoms in total. The maximum atomic E-state index is 13.1. The van der Waals surface area contributed by atoms with E-state index in [1.807, 2.05) is 29.2 Å². The van der Waals surface area contributed by atoms with Crippen LogP contribution in [0, 0.1) is 5.82 Å². The van der Waals surface area contributed by atoms with Gasteiger partial charge in [0.1, 0.15) is 12.4 Å². The number of aryl methyl sites for hydroxylation is 1. The van der Waals surface area contributed by atoms with E-state index in [1.54, 1.807) is 0 Å². The van der Waals surface area contributed by atoms with Crippen LogP contribution in [0.1, 0.15) is 12.5 Å². The maximum Gasteiger partial charge on any atom is 0.244 e. The predicted molar refractivity (Wildman–Crippen MR) is 119 cm³/mol. The van der Waals surface area contributed by atoms with Crippen LogP contribution in [0.2, 0.25) is 0 Å². The first kappa shape index (κ1) is 20.9. The number of aliphatic imine (C=N–C) groups is 1. The molecule has 1 saturated heterocycles. The number of nitrogens with zero attached hydrogens (tertiary/aromatic N) is 2. The molecular weight excluding hydrogens is 425 g/mol. The molecule has 30 heavy (non-hydrogen) atoms. The molecule has 2 aromatic carbocycles. The summed E-state index contributed by atoms with van der Waals surface area (Å²) in [6.07, 6.45) is 0.906. The molecule has 1 fully saturated rings. The first-order valence-corrected chi connectivity index (χ1v) is 12.4. The van der Waals surface area contributed by atoms with Crippen molar-refractivity contribution in [3.8, 4) is 0 Å². The zero-order chi connectivity index (χ0) is 21.3. The fraction of sp³-hybridized carbons (Fsp3) is 0.333. The highest BCUT2D eigenvalue weighted by molar-refractivity contribution is 8.15. The Morgan fingerprint density at radius 1 is 1.17 bits per heavy atom. The van der Waals surface area contributed by atoms with E-state index in [0.717, 1.165) is 12.1 Å². The van der Waals surface area contributed by atoms with E-state index in [9.17, 15) is 17.6 Å². The minimum Gasteiger partial charge on any atom is -0.325 e. The van der Waals surface area contributed by atoms with Gasteiger partial charge in [0.05, 0.1) is 17.5 Å². The minimum absolute atomic E-state index is 0.0148. The highest BCUT2D eigenvalue weighted by Gasteiger charge is 2.44. The van der Waals surface area contributed by atoms with E-state index < -0.39 is 9.84 Å². The minimum atomic E-state index is -3.05. The van der Waals surface area contributed by atoms with E-state index in [4.69, 9.17) is 0 Å². The molecule has 0 spiro atoms. The zero-order valence-corrected chi connectivity index (χ0v) is 18.0. The summed E-state index contributed by atoms with van der Waals surface area (Å²) in [5.74, 6) is -0.476. The Bertz CT molecular complexity index is 1070. The van der Waals surface area contributed by atoms with Crippen molar-refractivity contribution in [1.29, 1.82) is 0 Å². The molecule has 0 aromatic heterocycles. The Labute approximate surface area is 179 Å². The van der Waals surface area contributed by atoms with Crippen LogP contribution in [-0.4, -0.2) is 48.8 Å². The Morgan fingerprint density at radius 2 is 1.87 bits per heavy atom. The van der Waals surface area contributed by atoms with Crippen molar-refractivity contribution in [2.75, 3.05) is 28.3 Å². The number of thioether (sulfide) groups is 1. The van der Waals surface area contributed by atoms with Gasteiger partial charge in [0.2, 0.25) is 5.91 Å². The lowest BCUT2D eigenvalue weighted by atomic mass is 10.1. The number of benzene rings is 2. The molecule has 2 atom stereocenters. The Balaban J connectivity index is 1.56. The molecule has 0 aliphatic carbocycles. The smallest absolute Gasteiger partial charge is 0.244 e. The van der Waals surface area contributed by atoms with Crippen LogP contribution in [0.15, 0.2) is 53.5 Å². The number of hydrogen-bond acceptors (Lipinski definition) is 6. The normalized spacial score (nSPS) is 21.7. The van der Waals surface area contributed by atoms with E-state index in [2.05, 4.69) is 17.2 Å². The van der Waals surface area contributed by atoms with Crippen molar-refractivity contribution in [3.05, 3.63) is 59.9 Å². The standard InChI is InChI=1S/C21H22FN3O3S2/c1-2-14-3-9-17(10-4-14)25(11-20(26)23-16-7-5-15(22)6-8-16)21-24-18-12-30(27,28)13-19(18)29-21/h3-10,18-19H,2,11-13H2,1H3,(H,23,26). The van der Waals surface area contributed by atoms with Crippen LogP contribution in [0.3, 0.4) is 0 Å². The van der Waals surface area contributed by atoms with Crippen LogP contribution >= 0.6 is 11.8 Å². The third-order valence-electron chi connectivity index (χ3n) is 5.12. The van der Waals surface area contributed by atoms with Gasteiger partial charge in [-0.05, 0) is 48.4 Å². The van der Waals surface area contributed by atoms with Gasteiger partial charge >= 0.3 is 0 Å². The number of carbonyl (C=O) groups is 1. The second-order valence-electron chi connectivity index (χ2n) is 7.37. The molecule has 0 saturated carbocycles. The van der Waals surface area contributed by atoms with Crippen molar-refractivity contribution >= 4 is 44.0 Å². The zero-order valence-electron chi connectivity index (χ0n) is 16.4. The fourth-order valence-corrected chi connectivity index (χ4v) is 7.31. The number of amidine groups is 1. The summed E-state index contributed by atoms with van der Waals surface area (Å²) < 4.78 is 36.9. The topological polar surface area (TPSA) is 78.8 Å². The number of halogens is 1. The molecule has 2 aliphatic rings. The second kappa shape index (κ2) is 8.39. The second-order valence-corrected chi connectivity index (χ2v) is 10.7.